The van der Waals surface area contributed by atoms with Gasteiger partial charge in [0.05, 0.1) is 11.6 Å². The zero-order valence-corrected chi connectivity index (χ0v) is 11.6. The Labute approximate surface area is 120 Å². The van der Waals surface area contributed by atoms with Crippen LogP contribution in [-0.4, -0.2) is 20.3 Å². The van der Waals surface area contributed by atoms with Crippen LogP contribution in [0.3, 0.4) is 0 Å². The van der Waals surface area contributed by atoms with Gasteiger partial charge in [0, 0.05) is 0 Å². The molecule has 0 aliphatic rings. The SMILES string of the molecule is CC(C)(c1ccc(F)cc1)c1noc(-c2cn[nH]c2N)n1. The summed E-state index contributed by atoms with van der Waals surface area (Å²) in [6, 6.07) is 6.23. The summed E-state index contributed by atoms with van der Waals surface area (Å²) in [5, 5.41) is 10.4. The van der Waals surface area contributed by atoms with Crippen molar-refractivity contribution in [2.24, 2.45) is 0 Å². The van der Waals surface area contributed by atoms with Crippen molar-refractivity contribution >= 4 is 5.82 Å². The normalized spacial score (nSPS) is 11.8. The van der Waals surface area contributed by atoms with Crippen molar-refractivity contribution in [1.82, 2.24) is 20.3 Å². The molecule has 0 radical (unpaired) electrons. The first kappa shape index (κ1) is 13.3. The number of rotatable bonds is 3. The van der Waals surface area contributed by atoms with E-state index in [4.69, 9.17) is 10.3 Å². The van der Waals surface area contributed by atoms with Crippen LogP contribution in [0.5, 0.6) is 0 Å². The molecule has 108 valence electrons. The number of benzene rings is 1. The van der Waals surface area contributed by atoms with Gasteiger partial charge < -0.3 is 10.3 Å². The molecule has 3 aromatic rings. The standard InChI is InChI=1S/C14H14FN5O/c1-14(2,8-3-5-9(15)6-4-8)13-18-12(21-20-13)10-7-17-19-11(10)16/h3-7H,1-2H3,(H3,16,17,19). The van der Waals surface area contributed by atoms with Gasteiger partial charge in [-0.2, -0.15) is 10.1 Å². The molecule has 2 aromatic heterocycles. The second-order valence-electron chi connectivity index (χ2n) is 5.25. The molecular formula is C14H14FN5O. The molecule has 0 amide bonds. The Morgan fingerprint density at radius 2 is 1.95 bits per heavy atom. The van der Waals surface area contributed by atoms with Crippen LogP contribution in [0, 0.1) is 5.82 Å². The van der Waals surface area contributed by atoms with E-state index in [1.165, 1.54) is 18.3 Å². The van der Waals surface area contributed by atoms with Gasteiger partial charge in [-0.15, -0.1) is 0 Å². The fourth-order valence-corrected chi connectivity index (χ4v) is 2.05. The highest BCUT2D eigenvalue weighted by atomic mass is 19.1. The number of hydrogen-bond donors (Lipinski definition) is 2. The van der Waals surface area contributed by atoms with Gasteiger partial charge in [0.2, 0.25) is 0 Å². The molecule has 2 heterocycles. The van der Waals surface area contributed by atoms with Crippen molar-refractivity contribution in [1.29, 1.82) is 0 Å². The van der Waals surface area contributed by atoms with Crippen LogP contribution in [-0.2, 0) is 5.41 Å². The van der Waals surface area contributed by atoms with Gasteiger partial charge in [-0.05, 0) is 31.5 Å². The largest absolute Gasteiger partial charge is 0.383 e. The summed E-state index contributed by atoms with van der Waals surface area (Å²) >= 11 is 0. The summed E-state index contributed by atoms with van der Waals surface area (Å²) in [5.74, 6) is 0.871. The minimum absolute atomic E-state index is 0.283. The van der Waals surface area contributed by atoms with E-state index in [0.29, 0.717) is 23.1 Å². The third kappa shape index (κ3) is 2.26. The molecule has 21 heavy (non-hydrogen) atoms. The molecule has 0 aliphatic carbocycles. The van der Waals surface area contributed by atoms with E-state index in [2.05, 4.69) is 20.3 Å². The number of nitrogens with one attached hydrogen (secondary N) is 1. The summed E-state index contributed by atoms with van der Waals surface area (Å²) in [6.07, 6.45) is 1.53. The minimum Gasteiger partial charge on any atom is -0.383 e. The Bertz CT molecular complexity index is 760. The smallest absolute Gasteiger partial charge is 0.263 e. The first-order valence-corrected chi connectivity index (χ1v) is 6.38. The Kier molecular flexibility index (Phi) is 2.97. The lowest BCUT2D eigenvalue weighted by molar-refractivity contribution is 0.408. The van der Waals surface area contributed by atoms with Gasteiger partial charge in [-0.1, -0.05) is 17.3 Å². The van der Waals surface area contributed by atoms with Gasteiger partial charge >= 0.3 is 0 Å². The average molecular weight is 287 g/mol. The van der Waals surface area contributed by atoms with E-state index < -0.39 is 5.41 Å². The zero-order valence-electron chi connectivity index (χ0n) is 11.6. The number of hydrogen-bond acceptors (Lipinski definition) is 5. The number of anilines is 1. The summed E-state index contributed by atoms with van der Waals surface area (Å²) in [4.78, 5) is 4.37. The molecule has 3 N–H and O–H groups in total. The van der Waals surface area contributed by atoms with E-state index in [-0.39, 0.29) is 5.82 Å². The third-order valence-electron chi connectivity index (χ3n) is 3.45. The van der Waals surface area contributed by atoms with Gasteiger partial charge in [0.25, 0.3) is 5.89 Å². The molecule has 7 heteroatoms. The molecule has 0 saturated heterocycles. The number of H-pyrrole nitrogens is 1. The number of nitrogens with two attached hydrogens (primary N) is 1. The highest BCUT2D eigenvalue weighted by Gasteiger charge is 2.29. The van der Waals surface area contributed by atoms with Crippen molar-refractivity contribution < 1.29 is 8.91 Å². The van der Waals surface area contributed by atoms with Gasteiger partial charge in [-0.3, -0.25) is 5.10 Å². The molecule has 0 atom stereocenters. The topological polar surface area (TPSA) is 93.6 Å². The number of nitrogen functional groups attached to an aromatic ring is 1. The van der Waals surface area contributed by atoms with Crippen LogP contribution >= 0.6 is 0 Å². The molecule has 0 fully saturated rings. The number of aromatic amines is 1. The lowest BCUT2D eigenvalue weighted by atomic mass is 9.84. The van der Waals surface area contributed by atoms with E-state index in [1.807, 2.05) is 13.8 Å². The van der Waals surface area contributed by atoms with Crippen LogP contribution in [0.2, 0.25) is 0 Å². The van der Waals surface area contributed by atoms with Crippen LogP contribution in [0.1, 0.15) is 25.2 Å². The van der Waals surface area contributed by atoms with E-state index >= 15 is 0 Å². The summed E-state index contributed by atoms with van der Waals surface area (Å²) < 4.78 is 18.3. The second-order valence-corrected chi connectivity index (χ2v) is 5.25. The quantitative estimate of drug-likeness (QED) is 0.772. The van der Waals surface area contributed by atoms with Crippen molar-refractivity contribution in [2.75, 3.05) is 5.73 Å². The number of halogens is 1. The maximum Gasteiger partial charge on any atom is 0.263 e. The monoisotopic (exact) mass is 287 g/mol. The minimum atomic E-state index is -0.520. The van der Waals surface area contributed by atoms with Gasteiger partial charge in [0.15, 0.2) is 5.82 Å². The number of aromatic nitrogens is 4. The lowest BCUT2D eigenvalue weighted by Crippen LogP contribution is -2.20. The Balaban J connectivity index is 1.98. The molecule has 0 saturated carbocycles. The fourth-order valence-electron chi connectivity index (χ4n) is 2.05. The Morgan fingerprint density at radius 3 is 2.57 bits per heavy atom. The zero-order chi connectivity index (χ0) is 15.0. The first-order valence-electron chi connectivity index (χ1n) is 6.38. The summed E-state index contributed by atoms with van der Waals surface area (Å²) in [6.45, 7) is 3.88. The molecule has 1 aromatic carbocycles. The highest BCUT2D eigenvalue weighted by molar-refractivity contribution is 5.65. The molecule has 0 aliphatic heterocycles. The van der Waals surface area contributed by atoms with E-state index in [1.54, 1.807) is 12.1 Å². The Hall–Kier alpha value is -2.70. The molecule has 0 unspecified atom stereocenters. The number of nitrogens with zero attached hydrogens (tertiary/aromatic N) is 3. The molecule has 0 bridgehead atoms. The van der Waals surface area contributed by atoms with Crippen LogP contribution < -0.4 is 5.73 Å². The summed E-state index contributed by atoms with van der Waals surface area (Å²) in [7, 11) is 0. The third-order valence-corrected chi connectivity index (χ3v) is 3.45. The van der Waals surface area contributed by atoms with Crippen molar-refractivity contribution in [3.8, 4) is 11.5 Å². The van der Waals surface area contributed by atoms with E-state index in [0.717, 1.165) is 5.56 Å². The molecular weight excluding hydrogens is 273 g/mol. The average Bonchev–Trinajstić information content (AvgIpc) is 3.07. The lowest BCUT2D eigenvalue weighted by Gasteiger charge is -2.20. The van der Waals surface area contributed by atoms with Crippen LogP contribution in [0.15, 0.2) is 35.0 Å². The van der Waals surface area contributed by atoms with Crippen LogP contribution in [0.25, 0.3) is 11.5 Å². The van der Waals surface area contributed by atoms with Crippen LogP contribution in [0.4, 0.5) is 10.2 Å². The van der Waals surface area contributed by atoms with E-state index in [9.17, 15) is 4.39 Å². The Morgan fingerprint density at radius 1 is 1.24 bits per heavy atom. The molecule has 3 rings (SSSR count). The molecule has 6 nitrogen and oxygen atoms in total. The van der Waals surface area contributed by atoms with Gasteiger partial charge in [-0.25, -0.2) is 4.39 Å². The predicted molar refractivity (Wildman–Crippen MR) is 74.8 cm³/mol. The van der Waals surface area contributed by atoms with Crippen molar-refractivity contribution in [3.63, 3.8) is 0 Å². The first-order chi connectivity index (χ1) is 9.98. The van der Waals surface area contributed by atoms with Crippen molar-refractivity contribution in [2.45, 2.75) is 19.3 Å². The van der Waals surface area contributed by atoms with Gasteiger partial charge in [0.1, 0.15) is 17.2 Å². The second kappa shape index (κ2) is 4.69. The maximum absolute atomic E-state index is 13.0. The predicted octanol–water partition coefficient (Wildman–Crippen LogP) is 2.51. The summed E-state index contributed by atoms with van der Waals surface area (Å²) in [5.41, 5.74) is 6.66. The fraction of sp³-hybridized carbons (Fsp3) is 0.214. The van der Waals surface area contributed by atoms with Crippen molar-refractivity contribution in [3.05, 3.63) is 47.7 Å². The maximum atomic E-state index is 13.0. The molecule has 0 spiro atoms. The highest BCUT2D eigenvalue weighted by Crippen LogP contribution is 2.31.